The molecule has 6 heteroatoms. The van der Waals surface area contributed by atoms with Gasteiger partial charge in [-0.2, -0.15) is 0 Å². The summed E-state index contributed by atoms with van der Waals surface area (Å²) >= 11 is 0. The standard InChI is InChI=1S/C48H34N2O2P2/c51-53(41-27-15-5-16-28-41)45-33-37(35-19-7-1-8-20-35)31-43-47(45)48-44(50(53)40-25-13-4-14-26-40)32-38(36-21-9-2-10-22-36)34-46(48)54(52,42-29-17-6-18-30-42)49(43)39-23-11-3-12-24-39/h1-34H. The van der Waals surface area contributed by atoms with Crippen molar-refractivity contribution in [2.75, 3.05) is 9.34 Å². The third kappa shape index (κ3) is 4.85. The molecule has 0 aliphatic carbocycles. The van der Waals surface area contributed by atoms with Crippen molar-refractivity contribution < 1.29 is 9.13 Å². The Labute approximate surface area is 315 Å². The van der Waals surface area contributed by atoms with Crippen LogP contribution in [0, 0.1) is 0 Å². The predicted molar refractivity (Wildman–Crippen MR) is 227 cm³/mol. The van der Waals surface area contributed by atoms with E-state index in [4.69, 9.17) is 0 Å². The predicted octanol–water partition coefficient (Wildman–Crippen LogP) is 11.4. The van der Waals surface area contributed by atoms with Gasteiger partial charge in [-0.15, -0.1) is 0 Å². The molecule has 0 bridgehead atoms. The van der Waals surface area contributed by atoms with E-state index < -0.39 is 14.6 Å². The van der Waals surface area contributed by atoms with E-state index in [1.54, 1.807) is 0 Å². The van der Waals surface area contributed by atoms with E-state index >= 15 is 9.13 Å². The van der Waals surface area contributed by atoms with Crippen LogP contribution in [-0.2, 0) is 9.13 Å². The van der Waals surface area contributed by atoms with E-state index in [0.29, 0.717) is 0 Å². The molecule has 0 N–H and O–H groups in total. The molecular weight excluding hydrogens is 698 g/mol. The van der Waals surface area contributed by atoms with Crippen LogP contribution in [0.25, 0.3) is 33.4 Å². The first kappa shape index (κ1) is 32.5. The second-order valence-electron chi connectivity index (χ2n) is 13.6. The maximum Gasteiger partial charge on any atom is 0.234 e. The number of para-hydroxylation sites is 2. The Hall–Kier alpha value is -6.18. The summed E-state index contributed by atoms with van der Waals surface area (Å²) in [5, 5.41) is 2.88. The number of nitrogens with zero attached hydrogens (tertiary/aromatic N) is 2. The van der Waals surface area contributed by atoms with Crippen molar-refractivity contribution in [3.05, 3.63) is 206 Å². The number of hydrogen-bond donors (Lipinski definition) is 0. The Kier molecular flexibility index (Phi) is 7.66. The summed E-state index contributed by atoms with van der Waals surface area (Å²) in [4.78, 5) is 0. The van der Waals surface area contributed by atoms with Crippen LogP contribution in [0.3, 0.4) is 0 Å². The lowest BCUT2D eigenvalue weighted by molar-refractivity contribution is 0.585. The van der Waals surface area contributed by atoms with Crippen molar-refractivity contribution >= 4 is 58.6 Å². The summed E-state index contributed by atoms with van der Waals surface area (Å²) in [7, 11) is -7.41. The normalized spacial score (nSPS) is 18.2. The van der Waals surface area contributed by atoms with Crippen LogP contribution < -0.4 is 30.6 Å². The lowest BCUT2D eigenvalue weighted by atomic mass is 9.93. The van der Waals surface area contributed by atoms with Gasteiger partial charge in [0.15, 0.2) is 0 Å². The molecule has 2 unspecified atom stereocenters. The van der Waals surface area contributed by atoms with E-state index in [9.17, 15) is 0 Å². The summed E-state index contributed by atoms with van der Waals surface area (Å²) in [5.74, 6) is 0. The molecule has 2 aliphatic rings. The maximum atomic E-state index is 17.0. The lowest BCUT2D eigenvalue weighted by Crippen LogP contribution is -2.41. The quantitative estimate of drug-likeness (QED) is 0.160. The Balaban J connectivity index is 1.45. The van der Waals surface area contributed by atoms with E-state index in [0.717, 1.165) is 77.3 Å². The minimum absolute atomic E-state index is 0.718. The molecule has 2 aliphatic heterocycles. The highest BCUT2D eigenvalue weighted by atomic mass is 31.2. The fourth-order valence-electron chi connectivity index (χ4n) is 8.17. The van der Waals surface area contributed by atoms with Crippen LogP contribution in [0.1, 0.15) is 0 Å². The van der Waals surface area contributed by atoms with Gasteiger partial charge in [0, 0.05) is 43.7 Å². The third-order valence-corrected chi connectivity index (χ3v) is 16.6. The van der Waals surface area contributed by atoms with E-state index in [-0.39, 0.29) is 0 Å². The highest BCUT2D eigenvalue weighted by molar-refractivity contribution is 7.82. The topological polar surface area (TPSA) is 40.6 Å². The maximum absolute atomic E-state index is 17.0. The van der Waals surface area contributed by atoms with Gasteiger partial charge in [-0.3, -0.25) is 18.5 Å². The molecule has 0 amide bonds. The molecule has 258 valence electrons. The number of rotatable bonds is 6. The molecule has 0 saturated carbocycles. The van der Waals surface area contributed by atoms with E-state index in [1.807, 2.05) is 158 Å². The minimum Gasteiger partial charge on any atom is -0.289 e. The summed E-state index contributed by atoms with van der Waals surface area (Å²) in [6.07, 6.45) is 0. The number of hydrogen-bond acceptors (Lipinski definition) is 2. The molecular formula is C48H34N2O2P2. The van der Waals surface area contributed by atoms with Gasteiger partial charge in [-0.1, -0.05) is 133 Å². The van der Waals surface area contributed by atoms with Crippen LogP contribution in [-0.4, -0.2) is 0 Å². The number of anilines is 4. The van der Waals surface area contributed by atoms with Crippen LogP contribution in [0.15, 0.2) is 206 Å². The Morgan fingerprint density at radius 2 is 0.611 bits per heavy atom. The van der Waals surface area contributed by atoms with Crippen molar-refractivity contribution in [2.45, 2.75) is 0 Å². The zero-order chi connectivity index (χ0) is 36.3. The second kappa shape index (κ2) is 12.7. The van der Waals surface area contributed by atoms with Crippen molar-refractivity contribution in [1.82, 2.24) is 0 Å². The van der Waals surface area contributed by atoms with Crippen molar-refractivity contribution in [1.29, 1.82) is 0 Å². The van der Waals surface area contributed by atoms with Crippen LogP contribution >= 0.6 is 14.6 Å². The largest absolute Gasteiger partial charge is 0.289 e. The fraction of sp³-hybridized carbons (Fsp3) is 0. The van der Waals surface area contributed by atoms with Crippen molar-refractivity contribution in [2.24, 2.45) is 0 Å². The zero-order valence-corrected chi connectivity index (χ0v) is 31.0. The molecule has 0 saturated heterocycles. The first-order valence-corrected chi connectivity index (χ1v) is 21.4. The Morgan fingerprint density at radius 3 is 0.944 bits per heavy atom. The molecule has 54 heavy (non-hydrogen) atoms. The first-order chi connectivity index (χ1) is 26.6. The van der Waals surface area contributed by atoms with Gasteiger partial charge in [0.25, 0.3) is 0 Å². The van der Waals surface area contributed by atoms with Crippen molar-refractivity contribution in [3.8, 4) is 33.4 Å². The molecule has 8 aromatic rings. The van der Waals surface area contributed by atoms with E-state index in [1.165, 1.54) is 0 Å². The van der Waals surface area contributed by atoms with Gasteiger partial charge in [-0.25, -0.2) is 0 Å². The molecule has 2 heterocycles. The number of benzene rings is 8. The SMILES string of the molecule is O=P1(c2ccccc2)c2cc(-c3ccccc3)cc3c2-c2c(cc(-c4ccccc4)cc2P(=O)(c2ccccc2)N3c2ccccc2)N1c1ccccc1. The van der Waals surface area contributed by atoms with Crippen LogP contribution in [0.5, 0.6) is 0 Å². The fourth-order valence-corrected chi connectivity index (χ4v) is 14.3. The summed E-state index contributed by atoms with van der Waals surface area (Å²) < 4.78 is 38.1. The molecule has 10 rings (SSSR count). The van der Waals surface area contributed by atoms with Gasteiger partial charge in [-0.05, 0) is 95.1 Å². The van der Waals surface area contributed by atoms with E-state index in [2.05, 4.69) is 57.9 Å². The Bertz CT molecular complexity index is 2570. The molecule has 0 fully saturated rings. The molecule has 0 spiro atoms. The van der Waals surface area contributed by atoms with Gasteiger partial charge >= 0.3 is 0 Å². The smallest absolute Gasteiger partial charge is 0.234 e. The van der Waals surface area contributed by atoms with Gasteiger partial charge in [0.1, 0.15) is 0 Å². The summed E-state index contributed by atoms with van der Waals surface area (Å²) in [5.41, 5.74) is 8.63. The molecule has 2 atom stereocenters. The van der Waals surface area contributed by atoms with Crippen molar-refractivity contribution in [3.63, 3.8) is 0 Å². The monoisotopic (exact) mass is 732 g/mol. The zero-order valence-electron chi connectivity index (χ0n) is 29.2. The van der Waals surface area contributed by atoms with Gasteiger partial charge < -0.3 is 0 Å². The summed E-state index contributed by atoms with van der Waals surface area (Å²) in [6, 6.07) is 68.8. The minimum atomic E-state index is -3.71. The molecule has 0 aromatic heterocycles. The van der Waals surface area contributed by atoms with Gasteiger partial charge in [0.2, 0.25) is 14.6 Å². The third-order valence-electron chi connectivity index (χ3n) is 10.5. The average Bonchev–Trinajstić information content (AvgIpc) is 3.25. The highest BCUT2D eigenvalue weighted by Crippen LogP contribution is 2.69. The summed E-state index contributed by atoms with van der Waals surface area (Å²) in [6.45, 7) is 0. The van der Waals surface area contributed by atoms with Crippen LogP contribution in [0.4, 0.5) is 22.7 Å². The molecule has 4 nitrogen and oxygen atoms in total. The molecule has 0 radical (unpaired) electrons. The highest BCUT2D eigenvalue weighted by Gasteiger charge is 2.52. The Morgan fingerprint density at radius 1 is 0.315 bits per heavy atom. The van der Waals surface area contributed by atoms with Gasteiger partial charge in [0.05, 0.1) is 11.4 Å². The first-order valence-electron chi connectivity index (χ1n) is 18.1. The van der Waals surface area contributed by atoms with Crippen LogP contribution in [0.2, 0.25) is 0 Å². The second-order valence-corrected chi connectivity index (χ2v) is 18.7. The molecule has 8 aromatic carbocycles. The lowest BCUT2D eigenvalue weighted by Gasteiger charge is -2.47. The average molecular weight is 733 g/mol.